The van der Waals surface area contributed by atoms with Gasteiger partial charge in [-0.2, -0.15) is 0 Å². The van der Waals surface area contributed by atoms with Crippen molar-refractivity contribution in [1.29, 1.82) is 0 Å². The topological polar surface area (TPSA) is 113 Å². The van der Waals surface area contributed by atoms with E-state index in [4.69, 9.17) is 10.8 Å². The van der Waals surface area contributed by atoms with E-state index < -0.39 is 17.9 Å². The summed E-state index contributed by atoms with van der Waals surface area (Å²) in [6.45, 7) is 3.62. The predicted molar refractivity (Wildman–Crippen MR) is 66.5 cm³/mol. The number of carbonyl (C=O) groups excluding carboxylic acids is 1. The molecule has 5 N–H and O–H groups in total. The number of rotatable bonds is 4. The largest absolute Gasteiger partial charge is 0.507 e. The first-order chi connectivity index (χ1) is 8.32. The van der Waals surface area contributed by atoms with Crippen molar-refractivity contribution in [3.63, 3.8) is 0 Å². The molecule has 0 radical (unpaired) electrons. The number of carbonyl (C=O) groups is 2. The van der Waals surface area contributed by atoms with Crippen LogP contribution in [0.25, 0.3) is 0 Å². The Morgan fingerprint density at radius 1 is 1.33 bits per heavy atom. The van der Waals surface area contributed by atoms with Crippen LogP contribution in [0, 0.1) is 5.92 Å². The van der Waals surface area contributed by atoms with Gasteiger partial charge in [-0.3, -0.25) is 4.79 Å². The van der Waals surface area contributed by atoms with Crippen LogP contribution in [0.4, 0.5) is 5.69 Å². The Bertz CT molecular complexity index is 471. The highest BCUT2D eigenvalue weighted by Crippen LogP contribution is 2.21. The van der Waals surface area contributed by atoms with Gasteiger partial charge in [0.25, 0.3) is 0 Å². The van der Waals surface area contributed by atoms with Crippen molar-refractivity contribution in [2.24, 2.45) is 11.7 Å². The van der Waals surface area contributed by atoms with Crippen molar-refractivity contribution in [2.75, 3.05) is 5.32 Å². The number of amides is 1. The van der Waals surface area contributed by atoms with Gasteiger partial charge in [-0.05, 0) is 24.1 Å². The van der Waals surface area contributed by atoms with Crippen LogP contribution in [0.2, 0.25) is 0 Å². The number of benzene rings is 1. The van der Waals surface area contributed by atoms with Gasteiger partial charge in [-0.1, -0.05) is 13.8 Å². The van der Waals surface area contributed by atoms with Crippen LogP contribution in [0.1, 0.15) is 24.2 Å². The summed E-state index contributed by atoms with van der Waals surface area (Å²) in [4.78, 5) is 22.5. The van der Waals surface area contributed by atoms with Crippen molar-refractivity contribution in [1.82, 2.24) is 0 Å². The van der Waals surface area contributed by atoms with Gasteiger partial charge >= 0.3 is 5.97 Å². The molecule has 1 rings (SSSR count). The summed E-state index contributed by atoms with van der Waals surface area (Å²) < 4.78 is 0. The Morgan fingerprint density at radius 3 is 2.44 bits per heavy atom. The molecule has 98 valence electrons. The van der Waals surface area contributed by atoms with E-state index in [2.05, 4.69) is 5.32 Å². The Balaban J connectivity index is 2.89. The number of carboxylic acids is 1. The first-order valence-electron chi connectivity index (χ1n) is 5.45. The van der Waals surface area contributed by atoms with Crippen molar-refractivity contribution < 1.29 is 19.8 Å². The van der Waals surface area contributed by atoms with E-state index in [-0.39, 0.29) is 22.9 Å². The van der Waals surface area contributed by atoms with Crippen LogP contribution in [-0.4, -0.2) is 28.1 Å². The van der Waals surface area contributed by atoms with Crippen LogP contribution in [0.5, 0.6) is 5.75 Å². The Morgan fingerprint density at radius 2 is 1.94 bits per heavy atom. The van der Waals surface area contributed by atoms with E-state index in [0.717, 1.165) is 0 Å². The predicted octanol–water partition coefficient (Wildman–Crippen LogP) is 1.01. The maximum Gasteiger partial charge on any atom is 0.339 e. The number of hydrogen-bond donors (Lipinski definition) is 4. The third-order valence-electron chi connectivity index (χ3n) is 2.52. The lowest BCUT2D eigenvalue weighted by Crippen LogP contribution is -2.39. The Hall–Kier alpha value is -2.08. The smallest absolute Gasteiger partial charge is 0.339 e. The molecule has 1 atom stereocenters. The van der Waals surface area contributed by atoms with Gasteiger partial charge in [-0.15, -0.1) is 0 Å². The van der Waals surface area contributed by atoms with Crippen LogP contribution in [0.3, 0.4) is 0 Å². The molecule has 0 saturated heterocycles. The molecule has 0 aliphatic carbocycles. The van der Waals surface area contributed by atoms with Crippen molar-refractivity contribution in [2.45, 2.75) is 19.9 Å². The average Bonchev–Trinajstić information content (AvgIpc) is 2.29. The van der Waals surface area contributed by atoms with E-state index >= 15 is 0 Å². The van der Waals surface area contributed by atoms with Gasteiger partial charge in [0.05, 0.1) is 6.04 Å². The minimum absolute atomic E-state index is 0.0268. The zero-order valence-corrected chi connectivity index (χ0v) is 10.2. The van der Waals surface area contributed by atoms with Gasteiger partial charge in [0.15, 0.2) is 0 Å². The third-order valence-corrected chi connectivity index (χ3v) is 2.52. The van der Waals surface area contributed by atoms with Crippen molar-refractivity contribution >= 4 is 17.6 Å². The van der Waals surface area contributed by atoms with Gasteiger partial charge < -0.3 is 21.3 Å². The zero-order valence-electron chi connectivity index (χ0n) is 10.2. The van der Waals surface area contributed by atoms with Crippen LogP contribution in [0.15, 0.2) is 18.2 Å². The number of nitrogens with two attached hydrogens (primary N) is 1. The first kappa shape index (κ1) is 14.0. The van der Waals surface area contributed by atoms with Crippen molar-refractivity contribution in [3.05, 3.63) is 23.8 Å². The molecule has 0 aliphatic heterocycles. The summed E-state index contributed by atoms with van der Waals surface area (Å²) >= 11 is 0. The second-order valence-corrected chi connectivity index (χ2v) is 4.30. The molecule has 0 heterocycles. The highest BCUT2D eigenvalue weighted by molar-refractivity contribution is 5.97. The molecular formula is C12H16N2O4. The fraction of sp³-hybridized carbons (Fsp3) is 0.333. The maximum atomic E-state index is 11.7. The average molecular weight is 252 g/mol. The Kier molecular flexibility index (Phi) is 4.28. The maximum absolute atomic E-state index is 11.7. The normalized spacial score (nSPS) is 12.2. The molecule has 18 heavy (non-hydrogen) atoms. The number of hydrogen-bond acceptors (Lipinski definition) is 4. The summed E-state index contributed by atoms with van der Waals surface area (Å²) in [7, 11) is 0. The molecular weight excluding hydrogens is 236 g/mol. The van der Waals surface area contributed by atoms with Gasteiger partial charge in [0, 0.05) is 5.69 Å². The molecule has 0 saturated carbocycles. The van der Waals surface area contributed by atoms with E-state index in [0.29, 0.717) is 0 Å². The SMILES string of the molecule is CC(C)[C@H](N)C(=O)Nc1ccc(O)c(C(=O)O)c1. The standard InChI is InChI=1S/C12H16N2O4/c1-6(2)10(13)11(16)14-7-3-4-9(15)8(5-7)12(17)18/h3-6,10,15H,13H2,1-2H3,(H,14,16)(H,17,18)/t10-/m0/s1. The number of nitrogens with one attached hydrogen (secondary N) is 1. The summed E-state index contributed by atoms with van der Waals surface area (Å²) in [5.41, 5.74) is 5.67. The third kappa shape index (κ3) is 3.21. The molecule has 0 spiro atoms. The molecule has 0 unspecified atom stereocenters. The van der Waals surface area contributed by atoms with Crippen LogP contribution in [-0.2, 0) is 4.79 Å². The van der Waals surface area contributed by atoms with Gasteiger partial charge in [0.1, 0.15) is 11.3 Å². The number of aromatic carboxylic acids is 1. The minimum atomic E-state index is -1.27. The summed E-state index contributed by atoms with van der Waals surface area (Å²) in [5, 5.41) is 20.7. The summed E-state index contributed by atoms with van der Waals surface area (Å²) in [6.07, 6.45) is 0. The number of anilines is 1. The van der Waals surface area contributed by atoms with Crippen LogP contribution >= 0.6 is 0 Å². The molecule has 6 heteroatoms. The van der Waals surface area contributed by atoms with Crippen molar-refractivity contribution in [3.8, 4) is 5.75 Å². The molecule has 1 amide bonds. The number of carboxylic acid groups (broad SMARTS) is 1. The molecule has 0 aromatic heterocycles. The highest BCUT2D eigenvalue weighted by atomic mass is 16.4. The van der Waals surface area contributed by atoms with E-state index in [1.165, 1.54) is 18.2 Å². The summed E-state index contributed by atoms with van der Waals surface area (Å²) in [6, 6.07) is 3.13. The minimum Gasteiger partial charge on any atom is -0.507 e. The van der Waals surface area contributed by atoms with Crippen LogP contribution < -0.4 is 11.1 Å². The van der Waals surface area contributed by atoms with E-state index in [1.54, 1.807) is 0 Å². The summed E-state index contributed by atoms with van der Waals surface area (Å²) in [5.74, 6) is -2.04. The fourth-order valence-corrected chi connectivity index (χ4v) is 1.31. The quantitative estimate of drug-likeness (QED) is 0.597. The second-order valence-electron chi connectivity index (χ2n) is 4.30. The van der Waals surface area contributed by atoms with Gasteiger partial charge in [-0.25, -0.2) is 4.79 Å². The number of aromatic hydroxyl groups is 1. The molecule has 0 fully saturated rings. The lowest BCUT2D eigenvalue weighted by Gasteiger charge is -2.15. The molecule has 0 aliphatic rings. The lowest BCUT2D eigenvalue weighted by molar-refractivity contribution is -0.118. The lowest BCUT2D eigenvalue weighted by atomic mass is 10.0. The highest BCUT2D eigenvalue weighted by Gasteiger charge is 2.18. The van der Waals surface area contributed by atoms with Gasteiger partial charge in [0.2, 0.25) is 5.91 Å². The van der Waals surface area contributed by atoms with E-state index in [9.17, 15) is 14.7 Å². The molecule has 6 nitrogen and oxygen atoms in total. The first-order valence-corrected chi connectivity index (χ1v) is 5.45. The molecule has 1 aromatic rings. The Labute approximate surface area is 104 Å². The fourth-order valence-electron chi connectivity index (χ4n) is 1.31. The molecule has 1 aromatic carbocycles. The monoisotopic (exact) mass is 252 g/mol. The number of phenols is 1. The zero-order chi connectivity index (χ0) is 13.9. The molecule has 0 bridgehead atoms. The second kappa shape index (κ2) is 5.50. The van der Waals surface area contributed by atoms with E-state index in [1.807, 2.05) is 13.8 Å².